The molecule has 29 heavy (non-hydrogen) atoms. The van der Waals surface area contributed by atoms with E-state index in [0.29, 0.717) is 16.5 Å². The fraction of sp³-hybridized carbons (Fsp3) is 0.250. The van der Waals surface area contributed by atoms with Gasteiger partial charge < -0.3 is 5.32 Å². The van der Waals surface area contributed by atoms with Crippen molar-refractivity contribution in [2.45, 2.75) is 31.1 Å². The Morgan fingerprint density at radius 1 is 1.17 bits per heavy atom. The summed E-state index contributed by atoms with van der Waals surface area (Å²) in [4.78, 5) is 22.3. The first-order valence-corrected chi connectivity index (χ1v) is 11.5. The van der Waals surface area contributed by atoms with Gasteiger partial charge in [0.25, 0.3) is 15.9 Å². The quantitative estimate of drug-likeness (QED) is 0.645. The average Bonchev–Trinajstić information content (AvgIpc) is 3.12. The van der Waals surface area contributed by atoms with Crippen LogP contribution in [-0.2, 0) is 22.9 Å². The Morgan fingerprint density at radius 2 is 1.90 bits per heavy atom. The SMILES string of the molecule is CC1CCc2sc(C(=O)Nc3ccc(S(=O)(=O)Nc4ncccn4)cc3)cc2C1. The average molecular weight is 429 g/mol. The van der Waals surface area contributed by atoms with Crippen LogP contribution in [0, 0.1) is 5.92 Å². The molecular weight excluding hydrogens is 408 g/mol. The van der Waals surface area contributed by atoms with Gasteiger partial charge in [-0.25, -0.2) is 23.1 Å². The third kappa shape index (κ3) is 4.46. The van der Waals surface area contributed by atoms with Crippen LogP contribution >= 0.6 is 11.3 Å². The molecule has 9 heteroatoms. The molecule has 0 saturated carbocycles. The van der Waals surface area contributed by atoms with E-state index in [-0.39, 0.29) is 16.8 Å². The van der Waals surface area contributed by atoms with Crippen LogP contribution in [0.4, 0.5) is 11.6 Å². The summed E-state index contributed by atoms with van der Waals surface area (Å²) < 4.78 is 27.2. The van der Waals surface area contributed by atoms with E-state index in [1.165, 1.54) is 35.0 Å². The van der Waals surface area contributed by atoms with Gasteiger partial charge in [0.1, 0.15) is 0 Å². The number of nitrogens with one attached hydrogen (secondary N) is 2. The first-order chi connectivity index (χ1) is 13.9. The lowest BCUT2D eigenvalue weighted by Crippen LogP contribution is -2.15. The van der Waals surface area contributed by atoms with Crippen molar-refractivity contribution in [1.82, 2.24) is 9.97 Å². The zero-order chi connectivity index (χ0) is 20.4. The van der Waals surface area contributed by atoms with E-state index in [4.69, 9.17) is 0 Å². The molecule has 0 fully saturated rings. The predicted molar refractivity (Wildman–Crippen MR) is 113 cm³/mol. The number of aromatic nitrogens is 2. The van der Waals surface area contributed by atoms with Gasteiger partial charge in [-0.1, -0.05) is 6.92 Å². The summed E-state index contributed by atoms with van der Waals surface area (Å²) >= 11 is 1.54. The molecule has 0 bridgehead atoms. The van der Waals surface area contributed by atoms with Crippen molar-refractivity contribution in [3.05, 3.63) is 64.1 Å². The summed E-state index contributed by atoms with van der Waals surface area (Å²) in [6.07, 6.45) is 6.11. The van der Waals surface area contributed by atoms with Crippen molar-refractivity contribution in [2.75, 3.05) is 10.0 Å². The first-order valence-electron chi connectivity index (χ1n) is 9.23. The number of carbonyl (C=O) groups excluding carboxylic acids is 1. The fourth-order valence-corrected chi connectivity index (χ4v) is 5.32. The molecule has 3 aromatic rings. The Labute approximate surface area is 173 Å². The van der Waals surface area contributed by atoms with Gasteiger partial charge in [0.15, 0.2) is 0 Å². The fourth-order valence-electron chi connectivity index (χ4n) is 3.26. The summed E-state index contributed by atoms with van der Waals surface area (Å²) in [6.45, 7) is 2.23. The van der Waals surface area contributed by atoms with Crippen LogP contribution in [0.3, 0.4) is 0 Å². The highest BCUT2D eigenvalue weighted by Crippen LogP contribution is 2.32. The standard InChI is InChI=1S/C20H20N4O3S2/c1-13-3-8-17-14(11-13)12-18(28-17)19(25)23-15-4-6-16(7-5-15)29(26,27)24-20-21-9-2-10-22-20/h2,4-7,9-10,12-13H,3,8,11H2,1H3,(H,23,25)(H,21,22,24). The number of anilines is 2. The van der Waals surface area contributed by atoms with Gasteiger partial charge in [0, 0.05) is 23.0 Å². The highest BCUT2D eigenvalue weighted by Gasteiger charge is 2.21. The van der Waals surface area contributed by atoms with Gasteiger partial charge in [0.2, 0.25) is 5.95 Å². The zero-order valence-corrected chi connectivity index (χ0v) is 17.4. The first kappa shape index (κ1) is 19.5. The van der Waals surface area contributed by atoms with Gasteiger partial charge in [-0.2, -0.15) is 0 Å². The van der Waals surface area contributed by atoms with Crippen molar-refractivity contribution in [3.63, 3.8) is 0 Å². The Bertz CT molecular complexity index is 1130. The molecule has 0 radical (unpaired) electrons. The topological polar surface area (TPSA) is 101 Å². The van der Waals surface area contributed by atoms with E-state index < -0.39 is 10.0 Å². The minimum absolute atomic E-state index is 0.000796. The highest BCUT2D eigenvalue weighted by molar-refractivity contribution is 7.92. The minimum Gasteiger partial charge on any atom is -0.321 e. The third-order valence-electron chi connectivity index (χ3n) is 4.77. The van der Waals surface area contributed by atoms with Crippen molar-refractivity contribution in [1.29, 1.82) is 0 Å². The number of aryl methyl sites for hydroxylation is 1. The Kier molecular flexibility index (Phi) is 5.33. The van der Waals surface area contributed by atoms with Crippen molar-refractivity contribution in [2.24, 2.45) is 5.92 Å². The van der Waals surface area contributed by atoms with E-state index in [9.17, 15) is 13.2 Å². The Hall–Kier alpha value is -2.78. The van der Waals surface area contributed by atoms with Gasteiger partial charge in [0.05, 0.1) is 9.77 Å². The summed E-state index contributed by atoms with van der Waals surface area (Å²) in [5.74, 6) is 0.474. The summed E-state index contributed by atoms with van der Waals surface area (Å²) in [5.41, 5.74) is 1.80. The lowest BCUT2D eigenvalue weighted by molar-refractivity contribution is 0.103. The van der Waals surface area contributed by atoms with Crippen LogP contribution in [0.25, 0.3) is 0 Å². The lowest BCUT2D eigenvalue weighted by Gasteiger charge is -2.16. The maximum atomic E-state index is 12.6. The van der Waals surface area contributed by atoms with Gasteiger partial charge in [-0.15, -0.1) is 11.3 Å². The maximum absolute atomic E-state index is 12.6. The second-order valence-electron chi connectivity index (χ2n) is 7.06. The zero-order valence-electron chi connectivity index (χ0n) is 15.8. The molecule has 1 unspecified atom stereocenters. The smallest absolute Gasteiger partial charge is 0.265 e. The van der Waals surface area contributed by atoms with E-state index in [2.05, 4.69) is 26.9 Å². The number of fused-ring (bicyclic) bond motifs is 1. The largest absolute Gasteiger partial charge is 0.321 e. The van der Waals surface area contributed by atoms with Gasteiger partial charge in [-0.05, 0) is 67.1 Å². The molecule has 7 nitrogen and oxygen atoms in total. The molecule has 1 atom stereocenters. The second-order valence-corrected chi connectivity index (χ2v) is 9.88. The molecule has 0 spiro atoms. The lowest BCUT2D eigenvalue weighted by atomic mass is 9.90. The number of rotatable bonds is 5. The van der Waals surface area contributed by atoms with E-state index >= 15 is 0 Å². The summed E-state index contributed by atoms with van der Waals surface area (Å²) in [6, 6.07) is 9.57. The van der Waals surface area contributed by atoms with Crippen LogP contribution < -0.4 is 10.0 Å². The number of sulfonamides is 1. The molecule has 150 valence electrons. The number of nitrogens with zero attached hydrogens (tertiary/aromatic N) is 2. The molecule has 1 aromatic carbocycles. The molecule has 2 N–H and O–H groups in total. The minimum atomic E-state index is -3.80. The maximum Gasteiger partial charge on any atom is 0.265 e. The van der Waals surface area contributed by atoms with Crippen LogP contribution in [0.5, 0.6) is 0 Å². The van der Waals surface area contributed by atoms with Crippen LogP contribution in [0.2, 0.25) is 0 Å². The summed E-state index contributed by atoms with van der Waals surface area (Å²) in [7, 11) is -3.80. The number of benzene rings is 1. The normalized spacial score (nSPS) is 16.1. The van der Waals surface area contributed by atoms with E-state index in [1.807, 2.05) is 6.07 Å². The molecule has 1 amide bonds. The van der Waals surface area contributed by atoms with E-state index in [0.717, 1.165) is 19.3 Å². The molecule has 4 rings (SSSR count). The molecule has 0 aliphatic heterocycles. The van der Waals surface area contributed by atoms with Gasteiger partial charge >= 0.3 is 0 Å². The molecule has 1 aliphatic rings. The number of carbonyl (C=O) groups is 1. The monoisotopic (exact) mass is 428 g/mol. The summed E-state index contributed by atoms with van der Waals surface area (Å²) in [5, 5.41) is 2.84. The number of thiophene rings is 1. The number of hydrogen-bond donors (Lipinski definition) is 2. The molecular formula is C20H20N4O3S2. The van der Waals surface area contributed by atoms with Gasteiger partial charge in [-0.3, -0.25) is 4.79 Å². The molecule has 1 aliphatic carbocycles. The molecule has 2 aromatic heterocycles. The molecule has 2 heterocycles. The van der Waals surface area contributed by atoms with Crippen LogP contribution in [0.1, 0.15) is 33.5 Å². The van der Waals surface area contributed by atoms with Crippen molar-refractivity contribution in [3.8, 4) is 0 Å². The predicted octanol–water partition coefficient (Wildman–Crippen LogP) is 3.72. The number of hydrogen-bond acceptors (Lipinski definition) is 6. The van der Waals surface area contributed by atoms with E-state index in [1.54, 1.807) is 29.5 Å². The Morgan fingerprint density at radius 3 is 2.62 bits per heavy atom. The van der Waals surface area contributed by atoms with Crippen LogP contribution in [0.15, 0.2) is 53.7 Å². The Balaban J connectivity index is 1.45. The number of amides is 1. The highest BCUT2D eigenvalue weighted by atomic mass is 32.2. The van der Waals surface area contributed by atoms with Crippen molar-refractivity contribution >= 4 is 38.9 Å². The molecule has 0 saturated heterocycles. The van der Waals surface area contributed by atoms with Crippen molar-refractivity contribution < 1.29 is 13.2 Å². The second kappa shape index (κ2) is 7.92. The third-order valence-corrected chi connectivity index (χ3v) is 7.35. The van der Waals surface area contributed by atoms with Crippen LogP contribution in [-0.4, -0.2) is 24.3 Å².